The molecular formula is C24H32N4O4S. The lowest BCUT2D eigenvalue weighted by Gasteiger charge is -2.26. The molecule has 2 aromatic rings. The van der Waals surface area contributed by atoms with Crippen molar-refractivity contribution >= 4 is 21.7 Å². The van der Waals surface area contributed by atoms with E-state index in [1.165, 1.54) is 0 Å². The fourth-order valence-corrected chi connectivity index (χ4v) is 5.90. The predicted molar refractivity (Wildman–Crippen MR) is 126 cm³/mol. The number of sulfonamides is 1. The number of hydrogen-bond donors (Lipinski definition) is 1. The first-order chi connectivity index (χ1) is 16.0. The van der Waals surface area contributed by atoms with Gasteiger partial charge < -0.3 is 15.0 Å². The van der Waals surface area contributed by atoms with Crippen molar-refractivity contribution in [3.63, 3.8) is 0 Å². The van der Waals surface area contributed by atoms with Gasteiger partial charge in [-0.1, -0.05) is 25.0 Å². The lowest BCUT2D eigenvalue weighted by molar-refractivity contribution is 0.0819. The van der Waals surface area contributed by atoms with Crippen molar-refractivity contribution in [1.29, 1.82) is 0 Å². The topological polar surface area (TPSA) is 91.8 Å². The Balaban J connectivity index is 1.49. The van der Waals surface area contributed by atoms with Gasteiger partial charge in [-0.25, -0.2) is 13.2 Å². The van der Waals surface area contributed by atoms with Crippen LogP contribution >= 0.6 is 0 Å². The number of benzene rings is 1. The first-order valence-electron chi connectivity index (χ1n) is 11.7. The smallest absolute Gasteiger partial charge is 0.322 e. The van der Waals surface area contributed by atoms with Crippen molar-refractivity contribution < 1.29 is 17.9 Å². The van der Waals surface area contributed by atoms with E-state index in [2.05, 4.69) is 10.3 Å². The quantitative estimate of drug-likeness (QED) is 0.661. The fourth-order valence-electron chi connectivity index (χ4n) is 4.33. The third kappa shape index (κ3) is 6.31. The Morgan fingerprint density at radius 3 is 2.64 bits per heavy atom. The molecule has 178 valence electrons. The highest BCUT2D eigenvalue weighted by Crippen LogP contribution is 2.23. The number of ether oxygens (including phenoxy) is 1. The van der Waals surface area contributed by atoms with Gasteiger partial charge in [0.1, 0.15) is 0 Å². The van der Waals surface area contributed by atoms with E-state index in [1.807, 2.05) is 12.1 Å². The number of nitrogens with one attached hydrogen (secondary N) is 1. The van der Waals surface area contributed by atoms with Crippen LogP contribution in [-0.2, 0) is 21.3 Å². The average molecular weight is 473 g/mol. The lowest BCUT2D eigenvalue weighted by Crippen LogP contribution is -2.39. The molecule has 3 heterocycles. The van der Waals surface area contributed by atoms with Crippen LogP contribution in [0.25, 0.3) is 0 Å². The number of anilines is 1. The number of carbonyl (C=O) groups excluding carboxylic acids is 1. The van der Waals surface area contributed by atoms with Crippen LogP contribution in [0.15, 0.2) is 53.7 Å². The number of aromatic nitrogens is 1. The molecule has 0 saturated carbocycles. The van der Waals surface area contributed by atoms with Gasteiger partial charge in [0.05, 0.1) is 11.0 Å². The van der Waals surface area contributed by atoms with Crippen LogP contribution in [-0.4, -0.2) is 61.0 Å². The average Bonchev–Trinajstić information content (AvgIpc) is 3.17. The normalized spacial score (nSPS) is 19.7. The highest BCUT2D eigenvalue weighted by molar-refractivity contribution is 7.89. The van der Waals surface area contributed by atoms with Crippen molar-refractivity contribution in [3.05, 3.63) is 54.4 Å². The Kier molecular flexibility index (Phi) is 7.95. The highest BCUT2D eigenvalue weighted by atomic mass is 32.2. The molecule has 2 aliphatic heterocycles. The third-order valence-electron chi connectivity index (χ3n) is 6.12. The molecule has 33 heavy (non-hydrogen) atoms. The molecule has 0 spiro atoms. The zero-order chi connectivity index (χ0) is 23.1. The van der Waals surface area contributed by atoms with Crippen molar-refractivity contribution in [2.75, 3.05) is 31.6 Å². The van der Waals surface area contributed by atoms with Gasteiger partial charge in [0.2, 0.25) is 10.0 Å². The summed E-state index contributed by atoms with van der Waals surface area (Å²) in [7, 11) is -3.59. The number of rotatable bonds is 7. The van der Waals surface area contributed by atoms with Crippen LogP contribution in [0.5, 0.6) is 0 Å². The van der Waals surface area contributed by atoms with Gasteiger partial charge in [-0.05, 0) is 55.5 Å². The molecule has 2 saturated heterocycles. The molecule has 2 amide bonds. The number of urea groups is 1. The summed E-state index contributed by atoms with van der Waals surface area (Å²) in [5.74, 6) is 0. The maximum absolute atomic E-state index is 13.2. The minimum Gasteiger partial charge on any atom is -0.376 e. The molecule has 1 N–H and O–H groups in total. The third-order valence-corrected chi connectivity index (χ3v) is 8.01. The van der Waals surface area contributed by atoms with Gasteiger partial charge >= 0.3 is 6.03 Å². The molecule has 1 unspecified atom stereocenters. The number of pyridine rings is 1. The van der Waals surface area contributed by atoms with E-state index >= 15 is 0 Å². The Morgan fingerprint density at radius 2 is 1.94 bits per heavy atom. The second-order valence-corrected chi connectivity index (χ2v) is 10.6. The van der Waals surface area contributed by atoms with Crippen molar-refractivity contribution in [2.24, 2.45) is 0 Å². The second kappa shape index (κ2) is 11.1. The maximum Gasteiger partial charge on any atom is 0.322 e. The molecule has 0 aliphatic carbocycles. The van der Waals surface area contributed by atoms with Crippen LogP contribution in [0.2, 0.25) is 0 Å². The maximum atomic E-state index is 13.2. The number of hydrogen-bond acceptors (Lipinski definition) is 5. The standard InChI is InChI=1S/C24H32N4O4S/c29-24(27(19-22-10-7-15-32-22)18-20-8-6-12-25-17-20)26-21-9-5-11-23(16-21)33(30,31)28-13-3-1-2-4-14-28/h5-6,8-9,11-12,16-17,22H,1-4,7,10,13-15,18-19H2,(H,26,29). The Labute approximate surface area is 196 Å². The molecule has 2 aliphatic rings. The van der Waals surface area contributed by atoms with Gasteiger partial charge in [-0.15, -0.1) is 0 Å². The SMILES string of the molecule is O=C(Nc1cccc(S(=O)(=O)N2CCCCCC2)c1)N(Cc1cccnc1)CC1CCCO1. The largest absolute Gasteiger partial charge is 0.376 e. The molecule has 4 rings (SSSR count). The van der Waals surface area contributed by atoms with Crippen LogP contribution < -0.4 is 5.32 Å². The van der Waals surface area contributed by atoms with Gasteiger partial charge in [0.15, 0.2) is 0 Å². The highest BCUT2D eigenvalue weighted by Gasteiger charge is 2.26. The molecular weight excluding hydrogens is 440 g/mol. The molecule has 0 radical (unpaired) electrons. The fraction of sp³-hybridized carbons (Fsp3) is 0.500. The van der Waals surface area contributed by atoms with Crippen molar-refractivity contribution in [1.82, 2.24) is 14.2 Å². The zero-order valence-electron chi connectivity index (χ0n) is 18.9. The van der Waals surface area contributed by atoms with E-state index in [0.29, 0.717) is 38.5 Å². The Hall–Kier alpha value is -2.49. The summed E-state index contributed by atoms with van der Waals surface area (Å²) in [6.45, 7) is 2.65. The second-order valence-electron chi connectivity index (χ2n) is 8.65. The van der Waals surface area contributed by atoms with Gasteiger partial charge in [0, 0.05) is 50.9 Å². The molecule has 8 nitrogen and oxygen atoms in total. The van der Waals surface area contributed by atoms with Crippen molar-refractivity contribution in [3.8, 4) is 0 Å². The van der Waals surface area contributed by atoms with Gasteiger partial charge in [-0.3, -0.25) is 4.98 Å². The monoisotopic (exact) mass is 472 g/mol. The van der Waals surface area contributed by atoms with E-state index < -0.39 is 10.0 Å². The first-order valence-corrected chi connectivity index (χ1v) is 13.1. The Morgan fingerprint density at radius 1 is 1.12 bits per heavy atom. The van der Waals surface area contributed by atoms with E-state index in [9.17, 15) is 13.2 Å². The minimum atomic E-state index is -3.59. The van der Waals surface area contributed by atoms with Crippen LogP contribution in [0.4, 0.5) is 10.5 Å². The summed E-state index contributed by atoms with van der Waals surface area (Å²) in [6.07, 6.45) is 9.21. The summed E-state index contributed by atoms with van der Waals surface area (Å²) in [6, 6.07) is 10.0. The van der Waals surface area contributed by atoms with Crippen LogP contribution in [0, 0.1) is 0 Å². The van der Waals surface area contributed by atoms with E-state index in [1.54, 1.807) is 45.9 Å². The summed E-state index contributed by atoms with van der Waals surface area (Å²) in [4.78, 5) is 19.2. The molecule has 1 atom stereocenters. The van der Waals surface area contributed by atoms with Crippen LogP contribution in [0.1, 0.15) is 44.1 Å². The molecule has 1 aromatic carbocycles. The van der Waals surface area contributed by atoms with Crippen LogP contribution in [0.3, 0.4) is 0 Å². The predicted octanol–water partition coefficient (Wildman–Crippen LogP) is 3.86. The number of amides is 2. The number of carbonyl (C=O) groups is 1. The van der Waals surface area contributed by atoms with E-state index in [4.69, 9.17) is 4.74 Å². The lowest BCUT2D eigenvalue weighted by atomic mass is 10.2. The summed E-state index contributed by atoms with van der Waals surface area (Å²) in [5, 5.41) is 2.89. The Bertz CT molecular complexity index is 1020. The summed E-state index contributed by atoms with van der Waals surface area (Å²) >= 11 is 0. The molecule has 1 aromatic heterocycles. The minimum absolute atomic E-state index is 0.00201. The summed E-state index contributed by atoms with van der Waals surface area (Å²) in [5.41, 5.74) is 1.38. The van der Waals surface area contributed by atoms with E-state index in [0.717, 1.165) is 44.1 Å². The van der Waals surface area contributed by atoms with Crippen molar-refractivity contribution in [2.45, 2.75) is 56.1 Å². The molecule has 2 fully saturated rings. The molecule has 9 heteroatoms. The van der Waals surface area contributed by atoms with E-state index in [-0.39, 0.29) is 17.0 Å². The number of nitrogens with zero attached hydrogens (tertiary/aromatic N) is 3. The molecule has 0 bridgehead atoms. The van der Waals surface area contributed by atoms with Gasteiger partial charge in [0.25, 0.3) is 0 Å². The van der Waals surface area contributed by atoms with Gasteiger partial charge in [-0.2, -0.15) is 4.31 Å². The zero-order valence-corrected chi connectivity index (χ0v) is 19.7. The summed E-state index contributed by atoms with van der Waals surface area (Å²) < 4.78 is 33.6. The first kappa shape index (κ1) is 23.7.